The summed E-state index contributed by atoms with van der Waals surface area (Å²) in [6.07, 6.45) is 7.34. The highest BCUT2D eigenvalue weighted by Gasteiger charge is 2.35. The van der Waals surface area contributed by atoms with Gasteiger partial charge in [-0.05, 0) is 49.9 Å². The summed E-state index contributed by atoms with van der Waals surface area (Å²) in [4.78, 5) is 14.6. The second-order valence-corrected chi connectivity index (χ2v) is 6.36. The Kier molecular flexibility index (Phi) is 4.44. The molecule has 2 aliphatic rings. The normalized spacial score (nSPS) is 25.5. The van der Waals surface area contributed by atoms with Crippen molar-refractivity contribution in [1.29, 1.82) is 0 Å². The first-order valence-electron chi connectivity index (χ1n) is 8.12. The maximum Gasteiger partial charge on any atom is 0.225 e. The molecule has 3 N–H and O–H groups in total. The van der Waals surface area contributed by atoms with Gasteiger partial charge in [0.2, 0.25) is 5.91 Å². The lowest BCUT2D eigenvalue weighted by molar-refractivity contribution is -0.116. The van der Waals surface area contributed by atoms with Crippen LogP contribution in [0, 0.1) is 5.92 Å². The minimum atomic E-state index is 0.0832. The van der Waals surface area contributed by atoms with Crippen LogP contribution in [0.4, 0.5) is 11.4 Å². The molecule has 1 aliphatic heterocycles. The fraction of sp³-hybridized carbons (Fsp3) is 0.588. The molecule has 1 aromatic carbocycles. The Morgan fingerprint density at radius 2 is 2.14 bits per heavy atom. The predicted octanol–water partition coefficient (Wildman–Crippen LogP) is 2.86. The summed E-state index contributed by atoms with van der Waals surface area (Å²) in [6.45, 7) is 2.05. The van der Waals surface area contributed by atoms with Crippen molar-refractivity contribution in [2.24, 2.45) is 5.92 Å². The third-order valence-electron chi connectivity index (χ3n) is 4.92. The van der Waals surface area contributed by atoms with Crippen molar-refractivity contribution in [3.05, 3.63) is 24.3 Å². The molecule has 2 fully saturated rings. The molecule has 1 saturated carbocycles. The van der Waals surface area contributed by atoms with Crippen molar-refractivity contribution in [2.45, 2.75) is 44.6 Å². The van der Waals surface area contributed by atoms with Gasteiger partial charge in [-0.2, -0.15) is 0 Å². The van der Waals surface area contributed by atoms with E-state index in [1.165, 1.54) is 38.6 Å². The van der Waals surface area contributed by atoms with Gasteiger partial charge in [0.25, 0.3) is 0 Å². The number of carbonyl (C=O) groups is 1. The van der Waals surface area contributed by atoms with Crippen LogP contribution in [0.3, 0.4) is 0 Å². The molecule has 114 valence electrons. The Bertz CT molecular complexity index is 503. The molecule has 4 nitrogen and oxygen atoms in total. The smallest absolute Gasteiger partial charge is 0.225 e. The van der Waals surface area contributed by atoms with Gasteiger partial charge in [-0.1, -0.05) is 18.9 Å². The Labute approximate surface area is 126 Å². The summed E-state index contributed by atoms with van der Waals surface area (Å²) in [5.74, 6) is 0.968. The maximum absolute atomic E-state index is 12.1. The Morgan fingerprint density at radius 1 is 1.29 bits per heavy atom. The number of nitrogens with two attached hydrogens (primary N) is 1. The van der Waals surface area contributed by atoms with Gasteiger partial charge in [0, 0.05) is 30.4 Å². The van der Waals surface area contributed by atoms with Gasteiger partial charge in [-0.15, -0.1) is 0 Å². The quantitative estimate of drug-likeness (QED) is 0.837. The molecule has 0 spiro atoms. The van der Waals surface area contributed by atoms with Crippen LogP contribution in [-0.2, 0) is 4.79 Å². The Morgan fingerprint density at radius 3 is 3.00 bits per heavy atom. The van der Waals surface area contributed by atoms with E-state index in [-0.39, 0.29) is 5.91 Å². The molecule has 3 rings (SSSR count). The summed E-state index contributed by atoms with van der Waals surface area (Å²) in [5.41, 5.74) is 7.19. The van der Waals surface area contributed by atoms with Crippen LogP contribution >= 0.6 is 0 Å². The molecule has 1 aromatic rings. The average molecular weight is 287 g/mol. The lowest BCUT2D eigenvalue weighted by Crippen LogP contribution is -2.36. The molecule has 2 atom stereocenters. The van der Waals surface area contributed by atoms with Crippen LogP contribution in [0.5, 0.6) is 0 Å². The van der Waals surface area contributed by atoms with Crippen LogP contribution in [0.15, 0.2) is 24.3 Å². The molecule has 21 heavy (non-hydrogen) atoms. The van der Waals surface area contributed by atoms with Gasteiger partial charge in [-0.25, -0.2) is 0 Å². The van der Waals surface area contributed by atoms with E-state index in [2.05, 4.69) is 10.2 Å². The van der Waals surface area contributed by atoms with Crippen molar-refractivity contribution in [3.8, 4) is 0 Å². The topological polar surface area (TPSA) is 58.4 Å². The van der Waals surface area contributed by atoms with E-state index >= 15 is 0 Å². The molecule has 1 heterocycles. The molecule has 4 heteroatoms. The fourth-order valence-corrected chi connectivity index (χ4v) is 3.87. The molecule has 0 radical (unpaired) electrons. The molecule has 2 unspecified atom stereocenters. The number of hydrogen-bond donors (Lipinski definition) is 2. The van der Waals surface area contributed by atoms with Crippen molar-refractivity contribution in [3.63, 3.8) is 0 Å². The number of nitrogens with one attached hydrogen (secondary N) is 1. The maximum atomic E-state index is 12.1. The zero-order valence-electron chi connectivity index (χ0n) is 12.6. The van der Waals surface area contributed by atoms with E-state index in [4.69, 9.17) is 5.73 Å². The monoisotopic (exact) mass is 287 g/mol. The number of nitrogens with zero attached hydrogens (tertiary/aromatic N) is 1. The Hall–Kier alpha value is -1.55. The highest BCUT2D eigenvalue weighted by atomic mass is 16.1. The third-order valence-corrected chi connectivity index (χ3v) is 4.92. The zero-order chi connectivity index (χ0) is 14.7. The molecule has 1 saturated heterocycles. The van der Waals surface area contributed by atoms with E-state index < -0.39 is 0 Å². The van der Waals surface area contributed by atoms with Crippen molar-refractivity contribution < 1.29 is 4.79 Å². The largest absolute Gasteiger partial charge is 0.399 e. The lowest BCUT2D eigenvalue weighted by atomic mass is 9.85. The predicted molar refractivity (Wildman–Crippen MR) is 86.0 cm³/mol. The molecular formula is C17H25N3O. The van der Waals surface area contributed by atoms with Crippen LogP contribution in [0.1, 0.15) is 38.5 Å². The van der Waals surface area contributed by atoms with Crippen LogP contribution in [-0.4, -0.2) is 29.9 Å². The SMILES string of the molecule is Nc1cccc(NC(=O)CCN2CCC3CCCCC32)c1. The number of fused-ring (bicyclic) bond motifs is 1. The molecule has 1 amide bonds. The van der Waals surface area contributed by atoms with Gasteiger partial charge < -0.3 is 11.1 Å². The van der Waals surface area contributed by atoms with E-state index in [0.717, 1.165) is 24.2 Å². The third kappa shape index (κ3) is 3.56. The Balaban J connectivity index is 1.47. The summed E-state index contributed by atoms with van der Waals surface area (Å²) in [7, 11) is 0. The number of hydrogen-bond acceptors (Lipinski definition) is 3. The van der Waals surface area contributed by atoms with Gasteiger partial charge >= 0.3 is 0 Å². The summed E-state index contributed by atoms with van der Waals surface area (Å²) in [5, 5.41) is 2.93. The number of rotatable bonds is 4. The molecule has 0 bridgehead atoms. The first-order chi connectivity index (χ1) is 10.2. The van der Waals surface area contributed by atoms with Gasteiger partial charge in [-0.3, -0.25) is 9.69 Å². The van der Waals surface area contributed by atoms with E-state index in [9.17, 15) is 4.79 Å². The summed E-state index contributed by atoms with van der Waals surface area (Å²) >= 11 is 0. The van der Waals surface area contributed by atoms with E-state index in [1.54, 1.807) is 6.07 Å². The van der Waals surface area contributed by atoms with Gasteiger partial charge in [0.15, 0.2) is 0 Å². The number of anilines is 2. The number of nitrogen functional groups attached to an aromatic ring is 1. The van der Waals surface area contributed by atoms with Crippen molar-refractivity contribution >= 4 is 17.3 Å². The fourth-order valence-electron chi connectivity index (χ4n) is 3.87. The van der Waals surface area contributed by atoms with Crippen molar-refractivity contribution in [2.75, 3.05) is 24.1 Å². The highest BCUT2D eigenvalue weighted by Crippen LogP contribution is 2.36. The second-order valence-electron chi connectivity index (χ2n) is 6.36. The van der Waals surface area contributed by atoms with Crippen LogP contribution in [0.2, 0.25) is 0 Å². The van der Waals surface area contributed by atoms with Crippen LogP contribution < -0.4 is 11.1 Å². The minimum absolute atomic E-state index is 0.0832. The molecule has 0 aromatic heterocycles. The van der Waals surface area contributed by atoms with Crippen molar-refractivity contribution in [1.82, 2.24) is 4.90 Å². The van der Waals surface area contributed by atoms with E-state index in [0.29, 0.717) is 12.1 Å². The standard InChI is InChI=1S/C17H25N3O/c18-14-5-3-6-15(12-14)19-17(21)9-11-20-10-8-13-4-1-2-7-16(13)20/h3,5-6,12-13,16H,1-2,4,7-11,18H2,(H,19,21). The van der Waals surface area contributed by atoms with Gasteiger partial charge in [0.1, 0.15) is 0 Å². The number of benzene rings is 1. The first-order valence-corrected chi connectivity index (χ1v) is 8.12. The van der Waals surface area contributed by atoms with Crippen LogP contribution in [0.25, 0.3) is 0 Å². The molecular weight excluding hydrogens is 262 g/mol. The number of carbonyl (C=O) groups excluding carboxylic acids is 1. The molecule has 1 aliphatic carbocycles. The second kappa shape index (κ2) is 6.48. The minimum Gasteiger partial charge on any atom is -0.399 e. The number of likely N-dealkylation sites (tertiary alicyclic amines) is 1. The van der Waals surface area contributed by atoms with Gasteiger partial charge in [0.05, 0.1) is 0 Å². The summed E-state index contributed by atoms with van der Waals surface area (Å²) < 4.78 is 0. The van der Waals surface area contributed by atoms with E-state index in [1.807, 2.05) is 18.2 Å². The zero-order valence-corrected chi connectivity index (χ0v) is 12.6. The lowest BCUT2D eigenvalue weighted by Gasteiger charge is -2.31. The first kappa shape index (κ1) is 14.4. The highest BCUT2D eigenvalue weighted by molar-refractivity contribution is 5.91. The summed E-state index contributed by atoms with van der Waals surface area (Å²) in [6, 6.07) is 8.09. The average Bonchev–Trinajstić information content (AvgIpc) is 2.88. The number of amides is 1.